The number of nitrogen functional groups attached to an aromatic ring is 1. The van der Waals surface area contributed by atoms with E-state index in [-0.39, 0.29) is 11.9 Å². The van der Waals surface area contributed by atoms with Gasteiger partial charge in [-0.15, -0.1) is 11.3 Å². The van der Waals surface area contributed by atoms with Crippen molar-refractivity contribution in [3.8, 4) is 0 Å². The molecule has 5 nitrogen and oxygen atoms in total. The molecule has 4 rings (SSSR count). The number of fused-ring (bicyclic) bond motifs is 2. The lowest BCUT2D eigenvalue weighted by molar-refractivity contribution is 0.0599. The van der Waals surface area contributed by atoms with Crippen LogP contribution < -0.4 is 5.73 Å². The smallest absolute Gasteiger partial charge is 0.338 e. The zero-order valence-corrected chi connectivity index (χ0v) is 14.3. The summed E-state index contributed by atoms with van der Waals surface area (Å²) in [5.74, 6) is 0.224. The molecule has 1 aliphatic carbocycles. The number of ether oxygens (including phenoxy) is 1. The van der Waals surface area contributed by atoms with Gasteiger partial charge in [-0.05, 0) is 47.9 Å². The lowest BCUT2D eigenvalue weighted by atomic mass is 9.97. The molecule has 0 saturated carbocycles. The number of thiophene rings is 1. The second kappa shape index (κ2) is 5.56. The minimum atomic E-state index is -0.286. The van der Waals surface area contributed by atoms with Gasteiger partial charge < -0.3 is 10.5 Å². The number of nitrogens with zero attached hydrogens (tertiary/aromatic N) is 2. The molecular formula is C18H17N3O2S. The highest BCUT2D eigenvalue weighted by molar-refractivity contribution is 7.17. The Morgan fingerprint density at radius 1 is 1.33 bits per heavy atom. The van der Waals surface area contributed by atoms with Crippen LogP contribution in [0.3, 0.4) is 0 Å². The first-order valence-electron chi connectivity index (χ1n) is 7.78. The molecule has 3 aromatic rings. The summed E-state index contributed by atoms with van der Waals surface area (Å²) in [4.78, 5) is 21.9. The maximum absolute atomic E-state index is 12.0. The van der Waals surface area contributed by atoms with E-state index in [1.165, 1.54) is 18.2 Å². The molecule has 0 radical (unpaired) electrons. The number of carbonyl (C=O) groups is 1. The number of carbonyl (C=O) groups excluding carboxylic acids is 1. The molecule has 0 aliphatic heterocycles. The summed E-state index contributed by atoms with van der Waals surface area (Å²) in [6, 6.07) is 5.81. The van der Waals surface area contributed by atoms with E-state index in [0.29, 0.717) is 11.5 Å². The summed E-state index contributed by atoms with van der Waals surface area (Å²) in [7, 11) is 1.41. The van der Waals surface area contributed by atoms with Gasteiger partial charge in [-0.25, -0.2) is 14.8 Å². The normalized spacial score (nSPS) is 16.3. The van der Waals surface area contributed by atoms with Crippen LogP contribution in [0.2, 0.25) is 0 Å². The third kappa shape index (κ3) is 2.26. The van der Waals surface area contributed by atoms with Gasteiger partial charge in [-0.2, -0.15) is 0 Å². The van der Waals surface area contributed by atoms with Crippen LogP contribution in [0.4, 0.5) is 5.95 Å². The third-order valence-electron chi connectivity index (χ3n) is 4.64. The third-order valence-corrected chi connectivity index (χ3v) is 5.63. The van der Waals surface area contributed by atoms with Crippen LogP contribution in [0, 0.1) is 6.92 Å². The summed E-state index contributed by atoms with van der Waals surface area (Å²) >= 11 is 1.59. The fourth-order valence-corrected chi connectivity index (χ4v) is 4.51. The minimum Gasteiger partial charge on any atom is -0.465 e. The van der Waals surface area contributed by atoms with Crippen molar-refractivity contribution in [3.63, 3.8) is 0 Å². The minimum absolute atomic E-state index is 0.201. The van der Waals surface area contributed by atoms with Crippen LogP contribution in [-0.4, -0.2) is 23.0 Å². The molecule has 6 heteroatoms. The van der Waals surface area contributed by atoms with Gasteiger partial charge in [0.15, 0.2) is 0 Å². The van der Waals surface area contributed by atoms with Crippen molar-refractivity contribution in [3.05, 3.63) is 51.5 Å². The number of nitrogens with two attached hydrogens (primary N) is 1. The molecule has 1 unspecified atom stereocenters. The number of methoxy groups -OCH3 is 1. The van der Waals surface area contributed by atoms with Gasteiger partial charge in [-0.3, -0.25) is 0 Å². The number of hydrogen-bond donors (Lipinski definition) is 1. The number of rotatable bonds is 2. The summed E-state index contributed by atoms with van der Waals surface area (Å²) in [6.45, 7) is 2.07. The number of aromatic nitrogens is 2. The Kier molecular flexibility index (Phi) is 3.49. The Balaban J connectivity index is 1.81. The fourth-order valence-electron chi connectivity index (χ4n) is 3.57. The average molecular weight is 339 g/mol. The molecule has 0 spiro atoms. The summed E-state index contributed by atoms with van der Waals surface area (Å²) in [5, 5.41) is 3.19. The Morgan fingerprint density at radius 3 is 2.96 bits per heavy atom. The van der Waals surface area contributed by atoms with Crippen molar-refractivity contribution >= 4 is 33.5 Å². The van der Waals surface area contributed by atoms with E-state index >= 15 is 0 Å². The van der Waals surface area contributed by atoms with Crippen LogP contribution in [0.1, 0.15) is 38.7 Å². The maximum Gasteiger partial charge on any atom is 0.338 e. The Bertz CT molecular complexity index is 964. The molecule has 2 heterocycles. The molecule has 24 heavy (non-hydrogen) atoms. The number of benzene rings is 1. The van der Waals surface area contributed by atoms with Crippen molar-refractivity contribution in [1.29, 1.82) is 0 Å². The lowest BCUT2D eigenvalue weighted by Gasteiger charge is -2.11. The van der Waals surface area contributed by atoms with Crippen molar-refractivity contribution in [2.24, 2.45) is 0 Å². The Morgan fingerprint density at radius 2 is 2.17 bits per heavy atom. The predicted octanol–water partition coefficient (Wildman–Crippen LogP) is 3.25. The highest BCUT2D eigenvalue weighted by atomic mass is 32.1. The highest BCUT2D eigenvalue weighted by Gasteiger charge is 2.30. The zero-order chi connectivity index (χ0) is 16.8. The second-order valence-electron chi connectivity index (χ2n) is 6.11. The number of aryl methyl sites for hydroxylation is 1. The first kappa shape index (κ1) is 15.1. The molecule has 0 bridgehead atoms. The summed E-state index contributed by atoms with van der Waals surface area (Å²) < 4.78 is 4.92. The van der Waals surface area contributed by atoms with Gasteiger partial charge >= 0.3 is 5.97 Å². The maximum atomic E-state index is 12.0. The predicted molar refractivity (Wildman–Crippen MR) is 94.5 cm³/mol. The topological polar surface area (TPSA) is 78.1 Å². The van der Waals surface area contributed by atoms with E-state index in [0.717, 1.165) is 34.3 Å². The molecule has 0 amide bonds. The lowest BCUT2D eigenvalue weighted by Crippen LogP contribution is -2.08. The standard InChI is InChI=1S/C18H17N3O2S/c1-9-8-24-16-14(9)15(20-18(19)21-16)11-6-10-4-3-5-12(13(10)7-11)17(22)23-2/h3-5,8,11H,6-7H2,1-2H3,(H2,19,20,21). The molecule has 122 valence electrons. The molecule has 1 aliphatic rings. The summed E-state index contributed by atoms with van der Waals surface area (Å²) in [5.41, 5.74) is 11.0. The first-order chi connectivity index (χ1) is 11.6. The van der Waals surface area contributed by atoms with E-state index in [1.54, 1.807) is 11.3 Å². The molecule has 0 fully saturated rings. The number of anilines is 1. The molecule has 2 aromatic heterocycles. The number of esters is 1. The molecule has 1 aromatic carbocycles. The quantitative estimate of drug-likeness (QED) is 0.725. The second-order valence-corrected chi connectivity index (χ2v) is 6.96. The van der Waals surface area contributed by atoms with Crippen LogP contribution in [0.25, 0.3) is 10.2 Å². The SMILES string of the molecule is COC(=O)c1cccc2c1CC(c1nc(N)nc3scc(C)c13)C2. The van der Waals surface area contributed by atoms with Crippen LogP contribution in [0.15, 0.2) is 23.6 Å². The van der Waals surface area contributed by atoms with E-state index in [2.05, 4.69) is 28.3 Å². The van der Waals surface area contributed by atoms with Crippen molar-refractivity contribution in [2.45, 2.75) is 25.7 Å². The highest BCUT2D eigenvalue weighted by Crippen LogP contribution is 2.39. The van der Waals surface area contributed by atoms with Crippen molar-refractivity contribution < 1.29 is 9.53 Å². The van der Waals surface area contributed by atoms with Crippen LogP contribution >= 0.6 is 11.3 Å². The van der Waals surface area contributed by atoms with Crippen molar-refractivity contribution in [1.82, 2.24) is 9.97 Å². The molecular weight excluding hydrogens is 322 g/mol. The zero-order valence-electron chi connectivity index (χ0n) is 13.5. The number of hydrogen-bond acceptors (Lipinski definition) is 6. The van der Waals surface area contributed by atoms with Gasteiger partial charge in [0.25, 0.3) is 0 Å². The molecule has 2 N–H and O–H groups in total. The van der Waals surface area contributed by atoms with Crippen LogP contribution in [0.5, 0.6) is 0 Å². The van der Waals surface area contributed by atoms with Gasteiger partial charge in [-0.1, -0.05) is 12.1 Å². The summed E-state index contributed by atoms with van der Waals surface area (Å²) in [6.07, 6.45) is 1.61. The Hall–Kier alpha value is -2.47. The van der Waals surface area contributed by atoms with E-state index in [4.69, 9.17) is 10.5 Å². The van der Waals surface area contributed by atoms with Gasteiger partial charge in [0, 0.05) is 11.3 Å². The van der Waals surface area contributed by atoms with Gasteiger partial charge in [0.1, 0.15) is 4.83 Å². The monoisotopic (exact) mass is 339 g/mol. The van der Waals surface area contributed by atoms with E-state index < -0.39 is 0 Å². The first-order valence-corrected chi connectivity index (χ1v) is 8.66. The van der Waals surface area contributed by atoms with Gasteiger partial charge in [0.2, 0.25) is 5.95 Å². The Labute approximate surface area is 143 Å². The fraction of sp³-hybridized carbons (Fsp3) is 0.278. The molecule has 0 saturated heterocycles. The largest absolute Gasteiger partial charge is 0.465 e. The van der Waals surface area contributed by atoms with Gasteiger partial charge in [0.05, 0.1) is 18.4 Å². The molecule has 1 atom stereocenters. The average Bonchev–Trinajstić information content (AvgIpc) is 3.17. The van der Waals surface area contributed by atoms with E-state index in [9.17, 15) is 4.79 Å². The van der Waals surface area contributed by atoms with Crippen LogP contribution in [-0.2, 0) is 17.6 Å². The van der Waals surface area contributed by atoms with E-state index in [1.807, 2.05) is 12.1 Å². The van der Waals surface area contributed by atoms with Crippen molar-refractivity contribution in [2.75, 3.05) is 12.8 Å².